The van der Waals surface area contributed by atoms with Gasteiger partial charge >= 0.3 is 0 Å². The van der Waals surface area contributed by atoms with Crippen LogP contribution in [0, 0.1) is 11.8 Å². The average molecular weight is 493 g/mol. The molecule has 9 nitrogen and oxygen atoms in total. The molecule has 200 valence electrons. The van der Waals surface area contributed by atoms with Crippen molar-refractivity contribution in [2.75, 3.05) is 57.2 Å². The number of nitrogens with one attached hydrogen (secondary N) is 2. The van der Waals surface area contributed by atoms with Gasteiger partial charge < -0.3 is 30.5 Å². The van der Waals surface area contributed by atoms with E-state index in [9.17, 15) is 5.11 Å². The summed E-state index contributed by atoms with van der Waals surface area (Å²) in [7, 11) is 3.54. The van der Waals surface area contributed by atoms with E-state index >= 15 is 0 Å². The van der Waals surface area contributed by atoms with E-state index in [2.05, 4.69) is 30.5 Å². The maximum atomic E-state index is 9.36. The molecule has 0 spiro atoms. The summed E-state index contributed by atoms with van der Waals surface area (Å²) in [5.74, 6) is 2.75. The van der Waals surface area contributed by atoms with Gasteiger partial charge in [0.25, 0.3) is 0 Å². The van der Waals surface area contributed by atoms with E-state index in [-0.39, 0.29) is 13.2 Å². The smallest absolute Gasteiger partial charge is 0.230 e. The molecule has 3 rings (SSSR count). The van der Waals surface area contributed by atoms with Crippen LogP contribution in [0.15, 0.2) is 30.6 Å². The van der Waals surface area contributed by atoms with E-state index in [1.54, 1.807) is 7.11 Å². The minimum atomic E-state index is 0.212. The number of aliphatic hydroxyl groups is 2. The van der Waals surface area contributed by atoms with E-state index < -0.39 is 0 Å². The lowest BCUT2D eigenvalue weighted by Gasteiger charge is -2.31. The standard InChI is InChI=1S/C17H23N5O2.C5H13NO.2C2H6/c1-24-15-6-4-13(5-7-15)9-18-16-19-12-20-17(21-16)22-8-2-3-14(10-22)11-23;1-5(4-7)3-6-2;2*1-2/h4-7,12,14,23H,2-3,8-11H2,1H3,(H,18,19,20,21);5-7H,3-4H2,1-2H3;2*1-2H3. The monoisotopic (exact) mass is 492 g/mol. The number of aromatic nitrogens is 3. The summed E-state index contributed by atoms with van der Waals surface area (Å²) in [5, 5.41) is 24.0. The van der Waals surface area contributed by atoms with E-state index in [0.717, 1.165) is 43.8 Å². The molecular weight excluding hydrogens is 444 g/mol. The van der Waals surface area contributed by atoms with Crippen molar-refractivity contribution in [1.29, 1.82) is 0 Å². The Morgan fingerprint density at radius 2 is 1.80 bits per heavy atom. The van der Waals surface area contributed by atoms with Crippen molar-refractivity contribution in [2.45, 2.75) is 54.0 Å². The summed E-state index contributed by atoms with van der Waals surface area (Å²) in [5.41, 5.74) is 1.12. The molecule has 1 aromatic carbocycles. The minimum absolute atomic E-state index is 0.212. The van der Waals surface area contributed by atoms with E-state index in [4.69, 9.17) is 9.84 Å². The van der Waals surface area contributed by atoms with E-state index in [1.165, 1.54) is 6.33 Å². The Morgan fingerprint density at radius 1 is 1.11 bits per heavy atom. The van der Waals surface area contributed by atoms with Gasteiger partial charge in [0.05, 0.1) is 7.11 Å². The predicted molar refractivity (Wildman–Crippen MR) is 145 cm³/mol. The van der Waals surface area contributed by atoms with Crippen LogP contribution in [0.4, 0.5) is 11.9 Å². The number of aliphatic hydroxyl groups excluding tert-OH is 2. The van der Waals surface area contributed by atoms with Gasteiger partial charge in [-0.1, -0.05) is 46.8 Å². The van der Waals surface area contributed by atoms with Crippen molar-refractivity contribution in [3.63, 3.8) is 0 Å². The van der Waals surface area contributed by atoms with Gasteiger partial charge in [-0.15, -0.1) is 0 Å². The zero-order valence-corrected chi connectivity index (χ0v) is 22.8. The number of nitrogens with zero attached hydrogens (tertiary/aromatic N) is 4. The van der Waals surface area contributed by atoms with Gasteiger partial charge in [-0.05, 0) is 56.0 Å². The van der Waals surface area contributed by atoms with E-state index in [0.29, 0.717) is 30.3 Å². The first-order chi connectivity index (χ1) is 17.1. The Hall–Kier alpha value is -2.49. The number of methoxy groups -OCH3 is 1. The number of piperidine rings is 1. The van der Waals surface area contributed by atoms with Crippen LogP contribution in [0.2, 0.25) is 0 Å². The van der Waals surface area contributed by atoms with Crippen LogP contribution in [0.25, 0.3) is 0 Å². The summed E-state index contributed by atoms with van der Waals surface area (Å²) in [6, 6.07) is 7.87. The second-order valence-electron chi connectivity index (χ2n) is 7.79. The molecule has 1 aliphatic rings. The van der Waals surface area contributed by atoms with Crippen molar-refractivity contribution in [1.82, 2.24) is 20.3 Å². The molecule has 4 N–H and O–H groups in total. The van der Waals surface area contributed by atoms with Crippen LogP contribution in [0.1, 0.15) is 53.0 Å². The third-order valence-electron chi connectivity index (χ3n) is 5.09. The quantitative estimate of drug-likeness (QED) is 0.417. The van der Waals surface area contributed by atoms with Crippen molar-refractivity contribution in [3.05, 3.63) is 36.2 Å². The first-order valence-electron chi connectivity index (χ1n) is 12.8. The topological polar surface area (TPSA) is 116 Å². The highest BCUT2D eigenvalue weighted by atomic mass is 16.5. The maximum Gasteiger partial charge on any atom is 0.230 e. The Labute approximate surface area is 212 Å². The van der Waals surface area contributed by atoms with Crippen molar-refractivity contribution in [2.24, 2.45) is 11.8 Å². The number of hydrogen-bond donors (Lipinski definition) is 4. The first-order valence-corrected chi connectivity index (χ1v) is 12.8. The number of anilines is 2. The largest absolute Gasteiger partial charge is 0.497 e. The van der Waals surface area contributed by atoms with Crippen LogP contribution < -0.4 is 20.3 Å². The lowest BCUT2D eigenvalue weighted by molar-refractivity contribution is 0.208. The van der Waals surface area contributed by atoms with E-state index in [1.807, 2.05) is 65.9 Å². The molecular formula is C26H48N6O3. The lowest BCUT2D eigenvalue weighted by Crippen LogP contribution is -2.38. The molecule has 2 atom stereocenters. The van der Waals surface area contributed by atoms with Crippen LogP contribution in [-0.2, 0) is 6.54 Å². The molecule has 1 aliphatic heterocycles. The zero-order chi connectivity index (χ0) is 26.5. The highest BCUT2D eigenvalue weighted by Crippen LogP contribution is 2.20. The second-order valence-corrected chi connectivity index (χ2v) is 7.79. The molecule has 1 aromatic heterocycles. The van der Waals surface area contributed by atoms with Crippen LogP contribution >= 0.6 is 0 Å². The zero-order valence-electron chi connectivity index (χ0n) is 22.8. The first kappa shape index (κ1) is 32.5. The Bertz CT molecular complexity index is 748. The normalized spacial score (nSPS) is 15.2. The number of hydrogen-bond acceptors (Lipinski definition) is 9. The molecule has 9 heteroatoms. The predicted octanol–water partition coefficient (Wildman–Crippen LogP) is 3.59. The van der Waals surface area contributed by atoms with Gasteiger partial charge in [0.1, 0.15) is 12.1 Å². The summed E-state index contributed by atoms with van der Waals surface area (Å²) < 4.78 is 5.16. The van der Waals surface area contributed by atoms with Gasteiger partial charge in [0.2, 0.25) is 11.9 Å². The summed E-state index contributed by atoms with van der Waals surface area (Å²) in [6.45, 7) is 13.7. The summed E-state index contributed by atoms with van der Waals surface area (Å²) in [4.78, 5) is 15.1. The molecule has 0 radical (unpaired) electrons. The minimum Gasteiger partial charge on any atom is -0.497 e. The highest BCUT2D eigenvalue weighted by molar-refractivity contribution is 5.37. The number of benzene rings is 1. The molecule has 2 aromatic rings. The van der Waals surface area contributed by atoms with Crippen molar-refractivity contribution >= 4 is 11.9 Å². The Morgan fingerprint density at radius 3 is 2.34 bits per heavy atom. The van der Waals surface area contributed by atoms with Gasteiger partial charge in [-0.2, -0.15) is 4.98 Å². The SMILES string of the molecule is CC.CC.CNCC(C)CO.COc1ccc(CNc2ncnc(N3CCCC(CO)C3)n2)cc1. The molecule has 1 saturated heterocycles. The molecule has 1 fully saturated rings. The molecule has 0 aliphatic carbocycles. The molecule has 35 heavy (non-hydrogen) atoms. The fourth-order valence-electron chi connectivity index (χ4n) is 3.26. The van der Waals surface area contributed by atoms with Crippen molar-refractivity contribution in [3.8, 4) is 5.75 Å². The molecule has 0 saturated carbocycles. The highest BCUT2D eigenvalue weighted by Gasteiger charge is 2.21. The third-order valence-corrected chi connectivity index (χ3v) is 5.09. The molecule has 2 heterocycles. The fraction of sp³-hybridized carbons (Fsp3) is 0.654. The summed E-state index contributed by atoms with van der Waals surface area (Å²) in [6.07, 6.45) is 3.63. The van der Waals surface area contributed by atoms with Gasteiger partial charge in [-0.3, -0.25) is 0 Å². The Balaban J connectivity index is 0.000000897. The average Bonchev–Trinajstić information content (AvgIpc) is 2.95. The van der Waals surface area contributed by atoms with Gasteiger partial charge in [0.15, 0.2) is 0 Å². The molecule has 0 amide bonds. The third kappa shape index (κ3) is 13.2. The van der Waals surface area contributed by atoms with Crippen molar-refractivity contribution < 1.29 is 14.9 Å². The van der Waals surface area contributed by atoms with Gasteiger partial charge in [0, 0.05) is 32.8 Å². The molecule has 2 unspecified atom stereocenters. The lowest BCUT2D eigenvalue weighted by atomic mass is 9.99. The maximum absolute atomic E-state index is 9.36. The fourth-order valence-corrected chi connectivity index (χ4v) is 3.26. The number of ether oxygens (including phenoxy) is 1. The van der Waals surface area contributed by atoms with Crippen LogP contribution in [-0.4, -0.2) is 72.2 Å². The second kappa shape index (κ2) is 20.8. The van der Waals surface area contributed by atoms with Crippen LogP contribution in [0.3, 0.4) is 0 Å². The van der Waals surface area contributed by atoms with Crippen LogP contribution in [0.5, 0.6) is 5.75 Å². The number of rotatable bonds is 9. The Kier molecular flexibility index (Phi) is 19.4. The molecule has 0 bridgehead atoms. The summed E-state index contributed by atoms with van der Waals surface area (Å²) >= 11 is 0. The van der Waals surface area contributed by atoms with Gasteiger partial charge in [-0.25, -0.2) is 9.97 Å².